The fourth-order valence-corrected chi connectivity index (χ4v) is 3.08. The Hall–Kier alpha value is -4.24. The summed E-state index contributed by atoms with van der Waals surface area (Å²) in [5.74, 6) is 0.798. The highest BCUT2D eigenvalue weighted by atomic mass is 35.5. The molecule has 172 valence electrons. The van der Waals surface area contributed by atoms with Gasteiger partial charge in [0.05, 0.1) is 5.56 Å². The number of hydrogen-bond donors (Lipinski definition) is 1. The van der Waals surface area contributed by atoms with Crippen molar-refractivity contribution < 1.29 is 24.2 Å². The Kier molecular flexibility index (Phi) is 6.84. The van der Waals surface area contributed by atoms with Gasteiger partial charge >= 0.3 is 5.97 Å². The van der Waals surface area contributed by atoms with Gasteiger partial charge in [-0.1, -0.05) is 23.7 Å². The third kappa shape index (κ3) is 5.76. The van der Waals surface area contributed by atoms with Gasteiger partial charge in [-0.2, -0.15) is 4.80 Å². The molecule has 1 aromatic heterocycles. The largest absolute Gasteiger partial charge is 0.483 e. The van der Waals surface area contributed by atoms with Gasteiger partial charge < -0.3 is 14.6 Å². The normalized spacial score (nSPS) is 11.6. The third-order valence-corrected chi connectivity index (χ3v) is 5.03. The standard InChI is InChI=1S/C24H19ClN4O5/c1-15(33-19-10-12-21(13-11-19)34-20-8-6-18(25)7-9-20)22(30)14-29-27-23(26-28-29)16-2-4-17(5-3-16)24(31)32/h2-13,15H,14H2,1H3,(H,31,32). The molecule has 1 atom stereocenters. The number of ether oxygens (including phenoxy) is 2. The van der Waals surface area contributed by atoms with E-state index in [2.05, 4.69) is 15.4 Å². The molecule has 9 nitrogen and oxygen atoms in total. The Balaban J connectivity index is 1.32. The lowest BCUT2D eigenvalue weighted by Crippen LogP contribution is -2.28. The van der Waals surface area contributed by atoms with E-state index in [0.29, 0.717) is 27.8 Å². The minimum atomic E-state index is -1.02. The molecule has 4 rings (SSSR count). The van der Waals surface area contributed by atoms with Gasteiger partial charge in [-0.25, -0.2) is 4.79 Å². The Morgan fingerprint density at radius 1 is 0.941 bits per heavy atom. The molecule has 0 saturated heterocycles. The first-order chi connectivity index (χ1) is 16.4. The molecule has 1 heterocycles. The summed E-state index contributed by atoms with van der Waals surface area (Å²) in [6.07, 6.45) is -0.743. The molecule has 0 radical (unpaired) electrons. The number of aromatic nitrogens is 4. The molecule has 0 aliphatic carbocycles. The van der Waals surface area contributed by atoms with Crippen molar-refractivity contribution >= 4 is 23.4 Å². The van der Waals surface area contributed by atoms with Crippen LogP contribution in [0.5, 0.6) is 17.2 Å². The van der Waals surface area contributed by atoms with E-state index >= 15 is 0 Å². The van der Waals surface area contributed by atoms with E-state index in [1.54, 1.807) is 67.6 Å². The number of nitrogens with zero attached hydrogens (tertiary/aromatic N) is 4. The number of hydrogen-bond acceptors (Lipinski definition) is 7. The monoisotopic (exact) mass is 478 g/mol. The second-order valence-electron chi connectivity index (χ2n) is 7.28. The van der Waals surface area contributed by atoms with Gasteiger partial charge in [0.1, 0.15) is 23.8 Å². The highest BCUT2D eigenvalue weighted by Crippen LogP contribution is 2.25. The Morgan fingerprint density at radius 2 is 1.53 bits per heavy atom. The molecular formula is C24H19ClN4O5. The molecule has 0 aliphatic heterocycles. The van der Waals surface area contributed by atoms with Crippen LogP contribution < -0.4 is 9.47 Å². The van der Waals surface area contributed by atoms with Crippen molar-refractivity contribution in [3.8, 4) is 28.6 Å². The minimum absolute atomic E-state index is 0.126. The molecule has 0 saturated carbocycles. The second kappa shape index (κ2) is 10.1. The van der Waals surface area contributed by atoms with E-state index < -0.39 is 12.1 Å². The molecule has 0 aliphatic rings. The smallest absolute Gasteiger partial charge is 0.335 e. The van der Waals surface area contributed by atoms with Crippen LogP contribution in [0.4, 0.5) is 0 Å². The third-order valence-electron chi connectivity index (χ3n) is 4.78. The average molecular weight is 479 g/mol. The number of carbonyl (C=O) groups is 2. The van der Waals surface area contributed by atoms with Crippen LogP contribution in [0.3, 0.4) is 0 Å². The number of carbonyl (C=O) groups excluding carboxylic acids is 1. The van der Waals surface area contributed by atoms with E-state index in [0.717, 1.165) is 0 Å². The first-order valence-corrected chi connectivity index (χ1v) is 10.6. The summed E-state index contributed by atoms with van der Waals surface area (Å²) < 4.78 is 11.5. The van der Waals surface area contributed by atoms with Gasteiger partial charge in [0, 0.05) is 10.6 Å². The van der Waals surface area contributed by atoms with Gasteiger partial charge in [-0.3, -0.25) is 4.79 Å². The van der Waals surface area contributed by atoms with Crippen LogP contribution in [0.2, 0.25) is 5.02 Å². The molecule has 0 fully saturated rings. The summed E-state index contributed by atoms with van der Waals surface area (Å²) in [6.45, 7) is 1.52. The van der Waals surface area contributed by atoms with E-state index in [1.165, 1.54) is 16.9 Å². The predicted octanol–water partition coefficient (Wildman–Crippen LogP) is 4.52. The highest BCUT2D eigenvalue weighted by molar-refractivity contribution is 6.30. The van der Waals surface area contributed by atoms with Crippen LogP contribution in [0.15, 0.2) is 72.8 Å². The Labute approximate surface area is 199 Å². The van der Waals surface area contributed by atoms with Crippen molar-refractivity contribution in [1.82, 2.24) is 20.2 Å². The lowest BCUT2D eigenvalue weighted by molar-refractivity contribution is -0.126. The van der Waals surface area contributed by atoms with Gasteiger partial charge in [0.25, 0.3) is 0 Å². The molecule has 0 spiro atoms. The van der Waals surface area contributed by atoms with E-state index in [1.807, 2.05) is 0 Å². The van der Waals surface area contributed by atoms with Crippen molar-refractivity contribution in [3.63, 3.8) is 0 Å². The number of halogens is 1. The van der Waals surface area contributed by atoms with E-state index in [4.69, 9.17) is 26.2 Å². The quantitative estimate of drug-likeness (QED) is 0.373. The summed E-state index contributed by atoms with van der Waals surface area (Å²) >= 11 is 5.87. The van der Waals surface area contributed by atoms with Crippen LogP contribution in [0.1, 0.15) is 17.3 Å². The molecule has 1 N–H and O–H groups in total. The first kappa shape index (κ1) is 22.9. The molecule has 10 heteroatoms. The summed E-state index contributed by atoms with van der Waals surface area (Å²) in [5, 5.41) is 21.6. The second-order valence-corrected chi connectivity index (χ2v) is 7.72. The fraction of sp³-hybridized carbons (Fsp3) is 0.125. The highest BCUT2D eigenvalue weighted by Gasteiger charge is 2.18. The zero-order valence-corrected chi connectivity index (χ0v) is 18.7. The maximum Gasteiger partial charge on any atom is 0.335 e. The number of ketones is 1. The molecule has 0 bridgehead atoms. The lowest BCUT2D eigenvalue weighted by atomic mass is 10.1. The van der Waals surface area contributed by atoms with Crippen molar-refractivity contribution in [2.24, 2.45) is 0 Å². The summed E-state index contributed by atoms with van der Waals surface area (Å²) in [4.78, 5) is 24.7. The lowest BCUT2D eigenvalue weighted by Gasteiger charge is -2.14. The average Bonchev–Trinajstić information content (AvgIpc) is 3.30. The zero-order valence-electron chi connectivity index (χ0n) is 18.0. The van der Waals surface area contributed by atoms with Crippen LogP contribution in [-0.2, 0) is 11.3 Å². The number of tetrazole rings is 1. The SMILES string of the molecule is CC(Oc1ccc(Oc2ccc(Cl)cc2)cc1)C(=O)Cn1nnc(-c2ccc(C(=O)O)cc2)n1. The van der Waals surface area contributed by atoms with E-state index in [9.17, 15) is 9.59 Å². The molecule has 0 amide bonds. The van der Waals surface area contributed by atoms with Gasteiger partial charge in [-0.15, -0.1) is 10.2 Å². The van der Waals surface area contributed by atoms with Gasteiger partial charge in [0.15, 0.2) is 11.9 Å². The van der Waals surface area contributed by atoms with Gasteiger partial charge in [-0.05, 0) is 72.8 Å². The van der Waals surface area contributed by atoms with Gasteiger partial charge in [0.2, 0.25) is 5.82 Å². The van der Waals surface area contributed by atoms with Crippen molar-refractivity contribution in [1.29, 1.82) is 0 Å². The first-order valence-electron chi connectivity index (χ1n) is 10.2. The maximum absolute atomic E-state index is 12.6. The summed E-state index contributed by atoms with van der Waals surface area (Å²) in [5.41, 5.74) is 0.746. The zero-order chi connectivity index (χ0) is 24.1. The fourth-order valence-electron chi connectivity index (χ4n) is 2.95. The number of aromatic carboxylic acids is 1. The number of benzene rings is 3. The number of carboxylic acids is 1. The summed E-state index contributed by atoms with van der Waals surface area (Å²) in [6, 6.07) is 20.0. The minimum Gasteiger partial charge on any atom is -0.483 e. The topological polar surface area (TPSA) is 116 Å². The van der Waals surface area contributed by atoms with Crippen LogP contribution in [-0.4, -0.2) is 43.2 Å². The Bertz CT molecular complexity index is 1290. The number of carboxylic acid groups (broad SMARTS) is 1. The maximum atomic E-state index is 12.6. The molecule has 3 aromatic carbocycles. The summed E-state index contributed by atoms with van der Waals surface area (Å²) in [7, 11) is 0. The van der Waals surface area contributed by atoms with Crippen LogP contribution in [0.25, 0.3) is 11.4 Å². The molecule has 1 unspecified atom stereocenters. The van der Waals surface area contributed by atoms with Crippen molar-refractivity contribution in [2.45, 2.75) is 19.6 Å². The van der Waals surface area contributed by atoms with Crippen LogP contribution in [0, 0.1) is 0 Å². The van der Waals surface area contributed by atoms with Crippen LogP contribution >= 0.6 is 11.6 Å². The Morgan fingerprint density at radius 3 is 2.15 bits per heavy atom. The van der Waals surface area contributed by atoms with E-state index in [-0.39, 0.29) is 23.7 Å². The number of rotatable bonds is 9. The molecule has 4 aromatic rings. The van der Waals surface area contributed by atoms with Crippen molar-refractivity contribution in [2.75, 3.05) is 0 Å². The number of Topliss-reactive ketones (excluding diaryl/α,β-unsaturated/α-hetero) is 1. The molecule has 34 heavy (non-hydrogen) atoms. The van der Waals surface area contributed by atoms with Crippen molar-refractivity contribution in [3.05, 3.63) is 83.4 Å². The predicted molar refractivity (Wildman–Crippen MR) is 123 cm³/mol. The molecular weight excluding hydrogens is 460 g/mol.